The van der Waals surface area contributed by atoms with Crippen LogP contribution in [0.1, 0.15) is 61.7 Å². The zero-order valence-electron chi connectivity index (χ0n) is 18.6. The van der Waals surface area contributed by atoms with E-state index < -0.39 is 0 Å². The van der Waals surface area contributed by atoms with Crippen LogP contribution < -0.4 is 4.74 Å². The summed E-state index contributed by atoms with van der Waals surface area (Å²) in [7, 11) is 1.76. The molecule has 31 heavy (non-hydrogen) atoms. The van der Waals surface area contributed by atoms with Crippen molar-refractivity contribution in [2.75, 3.05) is 26.7 Å². The summed E-state index contributed by atoms with van der Waals surface area (Å²) in [4.78, 5) is 10.2. The minimum atomic E-state index is 0.557. The van der Waals surface area contributed by atoms with Crippen LogP contribution in [0, 0.1) is 11.8 Å². The highest BCUT2D eigenvalue weighted by Crippen LogP contribution is 2.43. The number of nitrogens with zero attached hydrogens (tertiary/aromatic N) is 4. The van der Waals surface area contributed by atoms with Crippen molar-refractivity contribution in [1.82, 2.24) is 19.9 Å². The molecule has 1 aromatic carbocycles. The van der Waals surface area contributed by atoms with E-state index in [1.807, 2.05) is 6.07 Å². The van der Waals surface area contributed by atoms with Gasteiger partial charge in [-0.25, -0.2) is 0 Å². The molecule has 2 aromatic rings. The molecule has 1 aliphatic carbocycles. The molecule has 6 heteroatoms. The highest BCUT2D eigenvalue weighted by Gasteiger charge is 2.47. The average molecular weight is 423 g/mol. The Kier molecular flexibility index (Phi) is 5.23. The van der Waals surface area contributed by atoms with Crippen molar-refractivity contribution in [3.05, 3.63) is 41.5 Å². The van der Waals surface area contributed by atoms with Crippen LogP contribution in [0.4, 0.5) is 0 Å². The second kappa shape index (κ2) is 8.21. The summed E-state index contributed by atoms with van der Waals surface area (Å²) < 4.78 is 11.1. The van der Waals surface area contributed by atoms with E-state index in [1.165, 1.54) is 57.2 Å². The van der Waals surface area contributed by atoms with E-state index in [1.54, 1.807) is 7.11 Å². The first-order valence-electron chi connectivity index (χ1n) is 12.2. The molecule has 166 valence electrons. The number of rotatable bonds is 6. The standard InChI is InChI=1S/C25H34N4O2/c1-30-21-6-4-5-17(11-21)12-23-20-13-19(22-7-2-3-10-29(22)23)14-28(15-20)16-24-26-25(27-31-24)18-8-9-18/h4-6,11,18-20,22-23H,2-3,7-10,12-16H2,1H3/t19-,20+,22+,23+/m1/s1. The van der Waals surface area contributed by atoms with Crippen molar-refractivity contribution in [3.63, 3.8) is 0 Å². The van der Waals surface area contributed by atoms with Crippen LogP contribution in [0.5, 0.6) is 5.75 Å². The van der Waals surface area contributed by atoms with Gasteiger partial charge in [-0.15, -0.1) is 0 Å². The molecule has 0 N–H and O–H groups in total. The van der Waals surface area contributed by atoms with Crippen LogP contribution in [-0.2, 0) is 13.0 Å². The van der Waals surface area contributed by atoms with E-state index >= 15 is 0 Å². The smallest absolute Gasteiger partial charge is 0.240 e. The predicted molar refractivity (Wildman–Crippen MR) is 118 cm³/mol. The lowest BCUT2D eigenvalue weighted by molar-refractivity contribution is -0.0744. The third-order valence-corrected chi connectivity index (χ3v) is 8.06. The quantitative estimate of drug-likeness (QED) is 0.704. The number of hydrogen-bond acceptors (Lipinski definition) is 6. The van der Waals surface area contributed by atoms with Crippen LogP contribution >= 0.6 is 0 Å². The van der Waals surface area contributed by atoms with Crippen molar-refractivity contribution < 1.29 is 9.26 Å². The van der Waals surface area contributed by atoms with Gasteiger partial charge in [0.2, 0.25) is 5.89 Å². The second-order valence-electron chi connectivity index (χ2n) is 10.2. The van der Waals surface area contributed by atoms with Crippen LogP contribution in [0.15, 0.2) is 28.8 Å². The predicted octanol–water partition coefficient (Wildman–Crippen LogP) is 3.87. The van der Waals surface area contributed by atoms with Gasteiger partial charge in [0.15, 0.2) is 5.82 Å². The Balaban J connectivity index is 1.21. The van der Waals surface area contributed by atoms with Gasteiger partial charge in [0.1, 0.15) is 5.75 Å². The normalized spacial score (nSPS) is 31.4. The molecule has 6 rings (SSSR count). The molecule has 1 saturated carbocycles. The molecule has 4 aliphatic rings. The zero-order valence-corrected chi connectivity index (χ0v) is 18.6. The Bertz CT molecular complexity index is 910. The number of methoxy groups -OCH3 is 1. The van der Waals surface area contributed by atoms with Crippen molar-refractivity contribution in [3.8, 4) is 5.75 Å². The second-order valence-corrected chi connectivity index (χ2v) is 10.2. The van der Waals surface area contributed by atoms with Crippen molar-refractivity contribution >= 4 is 0 Å². The monoisotopic (exact) mass is 422 g/mol. The molecule has 0 radical (unpaired) electrons. The lowest BCUT2D eigenvalue weighted by Crippen LogP contribution is -2.63. The van der Waals surface area contributed by atoms with E-state index in [0.29, 0.717) is 17.9 Å². The largest absolute Gasteiger partial charge is 0.497 e. The van der Waals surface area contributed by atoms with Gasteiger partial charge in [0.05, 0.1) is 13.7 Å². The van der Waals surface area contributed by atoms with Crippen LogP contribution in [-0.4, -0.2) is 58.8 Å². The highest BCUT2D eigenvalue weighted by molar-refractivity contribution is 5.29. The fraction of sp³-hybridized carbons (Fsp3) is 0.680. The molecule has 4 heterocycles. The molecular formula is C25H34N4O2. The molecule has 6 nitrogen and oxygen atoms in total. The molecule has 0 amide bonds. The summed E-state index contributed by atoms with van der Waals surface area (Å²) in [5, 5.41) is 4.24. The van der Waals surface area contributed by atoms with Gasteiger partial charge in [-0.3, -0.25) is 9.80 Å². The Morgan fingerprint density at radius 1 is 1.13 bits per heavy atom. The first-order valence-corrected chi connectivity index (χ1v) is 12.2. The van der Waals surface area contributed by atoms with Gasteiger partial charge in [0.25, 0.3) is 0 Å². The first-order chi connectivity index (χ1) is 15.3. The van der Waals surface area contributed by atoms with Gasteiger partial charge >= 0.3 is 0 Å². The molecule has 3 aliphatic heterocycles. The van der Waals surface area contributed by atoms with Gasteiger partial charge < -0.3 is 9.26 Å². The maximum atomic E-state index is 5.62. The van der Waals surface area contributed by atoms with Crippen LogP contribution in [0.2, 0.25) is 0 Å². The summed E-state index contributed by atoms with van der Waals surface area (Å²) in [6.45, 7) is 4.38. The Morgan fingerprint density at radius 2 is 2.03 bits per heavy atom. The SMILES string of the molecule is COc1cccc(C[C@H]2[C@H]3C[C@H](CN(Cc4nc(C5CC5)no4)C3)[C@@H]3CCCCN32)c1. The van der Waals surface area contributed by atoms with Crippen LogP contribution in [0.25, 0.3) is 0 Å². The summed E-state index contributed by atoms with van der Waals surface area (Å²) in [5.41, 5.74) is 1.40. The van der Waals surface area contributed by atoms with Crippen LogP contribution in [0.3, 0.4) is 0 Å². The number of fused-ring (bicyclic) bond motifs is 4. The maximum Gasteiger partial charge on any atom is 0.240 e. The molecule has 4 fully saturated rings. The molecule has 1 aromatic heterocycles. The minimum Gasteiger partial charge on any atom is -0.497 e. The van der Waals surface area contributed by atoms with Gasteiger partial charge in [-0.1, -0.05) is 23.7 Å². The Labute approximate surface area is 184 Å². The third kappa shape index (κ3) is 4.00. The summed E-state index contributed by atoms with van der Waals surface area (Å²) in [6.07, 6.45) is 9.00. The third-order valence-electron chi connectivity index (χ3n) is 8.06. The maximum absolute atomic E-state index is 5.62. The highest BCUT2D eigenvalue weighted by atomic mass is 16.5. The molecule has 4 atom stereocenters. The minimum absolute atomic E-state index is 0.557. The molecule has 0 spiro atoms. The van der Waals surface area contributed by atoms with E-state index in [-0.39, 0.29) is 0 Å². The van der Waals surface area contributed by atoms with E-state index in [2.05, 4.69) is 33.2 Å². The van der Waals surface area contributed by atoms with E-state index in [9.17, 15) is 0 Å². The fourth-order valence-electron chi connectivity index (χ4n) is 6.49. The van der Waals surface area contributed by atoms with Crippen molar-refractivity contribution in [2.45, 2.75) is 69.5 Å². The summed E-state index contributed by atoms with van der Waals surface area (Å²) in [6, 6.07) is 10.0. The number of ether oxygens (including phenoxy) is 1. The molecule has 3 saturated heterocycles. The fourth-order valence-corrected chi connectivity index (χ4v) is 6.49. The lowest BCUT2D eigenvalue weighted by Gasteiger charge is -2.57. The summed E-state index contributed by atoms with van der Waals surface area (Å²) in [5.74, 6) is 4.74. The Hall–Kier alpha value is -1.92. The number of likely N-dealkylation sites (tertiary alicyclic amines) is 1. The topological polar surface area (TPSA) is 54.6 Å². The van der Waals surface area contributed by atoms with Crippen molar-refractivity contribution in [2.24, 2.45) is 11.8 Å². The number of benzene rings is 1. The van der Waals surface area contributed by atoms with Gasteiger partial charge in [-0.05, 0) is 74.6 Å². The van der Waals surface area contributed by atoms with E-state index in [0.717, 1.165) is 48.9 Å². The molecule has 2 bridgehead atoms. The van der Waals surface area contributed by atoms with E-state index in [4.69, 9.17) is 14.2 Å². The molecule has 0 unspecified atom stereocenters. The number of piperidine rings is 3. The number of aromatic nitrogens is 2. The number of hydrogen-bond donors (Lipinski definition) is 0. The zero-order chi connectivity index (χ0) is 20.8. The van der Waals surface area contributed by atoms with Crippen molar-refractivity contribution in [1.29, 1.82) is 0 Å². The lowest BCUT2D eigenvalue weighted by atomic mass is 9.71. The molecular weight excluding hydrogens is 388 g/mol. The van der Waals surface area contributed by atoms with Gasteiger partial charge in [0, 0.05) is 31.1 Å². The first kappa shape index (κ1) is 19.7. The summed E-state index contributed by atoms with van der Waals surface area (Å²) >= 11 is 0. The van der Waals surface area contributed by atoms with Gasteiger partial charge in [-0.2, -0.15) is 4.98 Å². The average Bonchev–Trinajstić information content (AvgIpc) is 3.56. The Morgan fingerprint density at radius 3 is 2.90 bits per heavy atom.